The van der Waals surface area contributed by atoms with Crippen LogP contribution in [0.1, 0.15) is 50.0 Å². The van der Waals surface area contributed by atoms with Crippen molar-refractivity contribution in [1.82, 2.24) is 9.88 Å². The number of fused-ring (bicyclic) bond motifs is 3. The second-order valence-corrected chi connectivity index (χ2v) is 10.5. The monoisotopic (exact) mass is 481 g/mol. The Morgan fingerprint density at radius 1 is 1.12 bits per heavy atom. The van der Waals surface area contributed by atoms with Gasteiger partial charge in [0.1, 0.15) is 11.2 Å². The molecule has 5 rings (SSSR count). The molecule has 1 aliphatic heterocycles. The van der Waals surface area contributed by atoms with Gasteiger partial charge in [0, 0.05) is 17.8 Å². The number of nitrogens with one attached hydrogen (secondary N) is 1. The molecule has 0 spiro atoms. The van der Waals surface area contributed by atoms with E-state index in [2.05, 4.69) is 12.2 Å². The number of carbonyl (C=O) groups excluding carboxylic acids is 2. The number of thiophene rings is 1. The molecule has 34 heavy (non-hydrogen) atoms. The van der Waals surface area contributed by atoms with Crippen molar-refractivity contribution in [1.29, 1.82) is 0 Å². The lowest BCUT2D eigenvalue weighted by Crippen LogP contribution is -2.65. The summed E-state index contributed by atoms with van der Waals surface area (Å²) >= 11 is 1.60. The SMILES string of the molecule is COc1ccc(N2C(=O)c3cc4sccc4n3C[C@]2(C)C(=O)N[C@H]2CCCC[C@H]2C)cc1OC. The van der Waals surface area contributed by atoms with E-state index in [9.17, 15) is 9.59 Å². The van der Waals surface area contributed by atoms with Crippen LogP contribution in [-0.2, 0) is 11.3 Å². The molecule has 0 bridgehead atoms. The Morgan fingerprint density at radius 3 is 2.62 bits per heavy atom. The van der Waals surface area contributed by atoms with Gasteiger partial charge in [-0.15, -0.1) is 11.3 Å². The molecule has 3 atom stereocenters. The smallest absolute Gasteiger partial charge is 0.275 e. The first-order chi connectivity index (χ1) is 16.4. The first kappa shape index (κ1) is 22.8. The zero-order chi connectivity index (χ0) is 24.0. The zero-order valence-corrected chi connectivity index (χ0v) is 20.9. The van der Waals surface area contributed by atoms with Crippen LogP contribution in [0.2, 0.25) is 0 Å². The highest BCUT2D eigenvalue weighted by atomic mass is 32.1. The Morgan fingerprint density at radius 2 is 1.88 bits per heavy atom. The minimum absolute atomic E-state index is 0.118. The van der Waals surface area contributed by atoms with E-state index in [1.165, 1.54) is 6.42 Å². The maximum Gasteiger partial charge on any atom is 0.275 e. The van der Waals surface area contributed by atoms with Gasteiger partial charge in [-0.1, -0.05) is 19.8 Å². The largest absolute Gasteiger partial charge is 0.493 e. The number of nitrogens with zero attached hydrogens (tertiary/aromatic N) is 2. The predicted octanol–water partition coefficient (Wildman–Crippen LogP) is 4.83. The molecular weight excluding hydrogens is 450 g/mol. The van der Waals surface area contributed by atoms with Crippen molar-refractivity contribution in [2.24, 2.45) is 5.92 Å². The minimum Gasteiger partial charge on any atom is -0.493 e. The number of methoxy groups -OCH3 is 2. The highest BCUT2D eigenvalue weighted by molar-refractivity contribution is 7.17. The van der Waals surface area contributed by atoms with Crippen molar-refractivity contribution in [3.05, 3.63) is 41.4 Å². The first-order valence-corrected chi connectivity index (χ1v) is 12.7. The van der Waals surface area contributed by atoms with Gasteiger partial charge in [0.05, 0.1) is 31.0 Å². The Balaban J connectivity index is 1.61. The molecule has 3 aromatic rings. The van der Waals surface area contributed by atoms with E-state index < -0.39 is 5.54 Å². The van der Waals surface area contributed by atoms with Gasteiger partial charge in [0.2, 0.25) is 5.91 Å². The number of anilines is 1. The summed E-state index contributed by atoms with van der Waals surface area (Å²) in [4.78, 5) is 29.6. The summed E-state index contributed by atoms with van der Waals surface area (Å²) in [5.41, 5.74) is 1.07. The van der Waals surface area contributed by atoms with Crippen LogP contribution < -0.4 is 19.7 Å². The number of ether oxygens (including phenoxy) is 2. The third kappa shape index (κ3) is 3.55. The molecule has 1 aromatic carbocycles. The van der Waals surface area contributed by atoms with Crippen LogP contribution in [0.5, 0.6) is 11.5 Å². The average Bonchev–Trinajstić information content (AvgIpc) is 3.43. The van der Waals surface area contributed by atoms with Gasteiger partial charge in [-0.2, -0.15) is 0 Å². The molecule has 1 N–H and O–H groups in total. The third-order valence-corrected chi connectivity index (χ3v) is 8.30. The van der Waals surface area contributed by atoms with E-state index in [0.717, 1.165) is 29.5 Å². The molecule has 1 saturated carbocycles. The van der Waals surface area contributed by atoms with Gasteiger partial charge in [0.25, 0.3) is 5.91 Å². The first-order valence-electron chi connectivity index (χ1n) is 11.8. The van der Waals surface area contributed by atoms with Crippen molar-refractivity contribution in [3.8, 4) is 11.5 Å². The molecule has 3 heterocycles. The van der Waals surface area contributed by atoms with Crippen LogP contribution in [0.25, 0.3) is 10.2 Å². The molecule has 180 valence electrons. The van der Waals surface area contributed by atoms with E-state index in [0.29, 0.717) is 35.3 Å². The number of hydrogen-bond donors (Lipinski definition) is 1. The molecule has 2 amide bonds. The topological polar surface area (TPSA) is 72.8 Å². The Hall–Kier alpha value is -3.00. The number of benzene rings is 1. The van der Waals surface area contributed by atoms with Gasteiger partial charge in [-0.3, -0.25) is 14.5 Å². The predicted molar refractivity (Wildman–Crippen MR) is 134 cm³/mol. The molecule has 2 aromatic heterocycles. The second-order valence-electron chi connectivity index (χ2n) is 9.58. The molecule has 0 unspecified atom stereocenters. The standard InChI is InChI=1S/C26H31N3O4S/c1-16-7-5-6-8-18(16)27-25(31)26(2)15-28-19-11-12-34-23(19)14-20(28)24(30)29(26)17-9-10-21(32-3)22(13-17)33-4/h9-14,16,18H,5-8,15H2,1-4H3,(H,27,31)/t16-,18+,26-/m1/s1. The lowest BCUT2D eigenvalue weighted by atomic mass is 9.84. The highest BCUT2D eigenvalue weighted by Gasteiger charge is 2.49. The fourth-order valence-corrected chi connectivity index (χ4v) is 6.26. The van der Waals surface area contributed by atoms with Crippen LogP contribution in [-0.4, -0.2) is 42.2 Å². The lowest BCUT2D eigenvalue weighted by molar-refractivity contribution is -0.127. The molecule has 8 heteroatoms. The van der Waals surface area contributed by atoms with E-state index >= 15 is 0 Å². The van der Waals surface area contributed by atoms with E-state index in [1.807, 2.05) is 35.1 Å². The van der Waals surface area contributed by atoms with Gasteiger partial charge in [0.15, 0.2) is 11.5 Å². The van der Waals surface area contributed by atoms with Gasteiger partial charge < -0.3 is 19.4 Å². The number of rotatable bonds is 5. The molecule has 1 fully saturated rings. The van der Waals surface area contributed by atoms with Crippen LogP contribution in [0.4, 0.5) is 5.69 Å². The van der Waals surface area contributed by atoms with E-state index in [4.69, 9.17) is 9.47 Å². The Labute approximate surface area is 203 Å². The maximum atomic E-state index is 14.0. The van der Waals surface area contributed by atoms with Crippen LogP contribution in [0, 0.1) is 5.92 Å². The average molecular weight is 482 g/mol. The number of aromatic nitrogens is 1. The number of amides is 2. The zero-order valence-electron chi connectivity index (χ0n) is 20.1. The Kier molecular flexibility index (Phi) is 5.80. The normalized spacial score (nSPS) is 24.7. The van der Waals surface area contributed by atoms with E-state index in [-0.39, 0.29) is 17.9 Å². The highest BCUT2D eigenvalue weighted by Crippen LogP contribution is 2.40. The fraction of sp³-hybridized carbons (Fsp3) is 0.462. The lowest BCUT2D eigenvalue weighted by Gasteiger charge is -2.45. The van der Waals surface area contributed by atoms with Crippen LogP contribution in [0.3, 0.4) is 0 Å². The van der Waals surface area contributed by atoms with Crippen molar-refractivity contribution < 1.29 is 19.1 Å². The Bertz CT molecular complexity index is 1250. The molecule has 1 aliphatic carbocycles. The molecule has 0 saturated heterocycles. The summed E-state index contributed by atoms with van der Waals surface area (Å²) in [5, 5.41) is 5.33. The van der Waals surface area contributed by atoms with Crippen LogP contribution >= 0.6 is 11.3 Å². The summed E-state index contributed by atoms with van der Waals surface area (Å²) in [6, 6.07) is 9.42. The van der Waals surface area contributed by atoms with Crippen LogP contribution in [0.15, 0.2) is 35.7 Å². The summed E-state index contributed by atoms with van der Waals surface area (Å²) < 4.78 is 13.9. The molecule has 2 aliphatic rings. The van der Waals surface area contributed by atoms with Crippen molar-refractivity contribution in [2.75, 3.05) is 19.1 Å². The molecule has 7 nitrogen and oxygen atoms in total. The van der Waals surface area contributed by atoms with E-state index in [1.54, 1.807) is 42.6 Å². The van der Waals surface area contributed by atoms with Gasteiger partial charge in [-0.05, 0) is 55.3 Å². The fourth-order valence-electron chi connectivity index (χ4n) is 5.44. The van der Waals surface area contributed by atoms with Crippen molar-refractivity contribution >= 4 is 39.1 Å². The number of hydrogen-bond acceptors (Lipinski definition) is 5. The minimum atomic E-state index is -1.12. The maximum absolute atomic E-state index is 14.0. The molecular formula is C26H31N3O4S. The summed E-state index contributed by atoms with van der Waals surface area (Å²) in [5.74, 6) is 1.18. The third-order valence-electron chi connectivity index (χ3n) is 7.45. The summed E-state index contributed by atoms with van der Waals surface area (Å²) in [7, 11) is 3.14. The summed E-state index contributed by atoms with van der Waals surface area (Å²) in [6.45, 7) is 4.44. The van der Waals surface area contributed by atoms with Gasteiger partial charge >= 0.3 is 0 Å². The second kappa shape index (κ2) is 8.65. The quantitative estimate of drug-likeness (QED) is 0.566. The van der Waals surface area contributed by atoms with Gasteiger partial charge in [-0.25, -0.2) is 0 Å². The van der Waals surface area contributed by atoms with Crippen molar-refractivity contribution in [2.45, 2.75) is 57.7 Å². The summed E-state index contributed by atoms with van der Waals surface area (Å²) in [6.07, 6.45) is 4.39. The number of carbonyl (C=O) groups is 2. The molecule has 0 radical (unpaired) electrons. The van der Waals surface area contributed by atoms with Crippen molar-refractivity contribution in [3.63, 3.8) is 0 Å².